The highest BCUT2D eigenvalue weighted by Crippen LogP contribution is 2.13. The van der Waals surface area contributed by atoms with Gasteiger partial charge in [0.1, 0.15) is 5.69 Å². The molecule has 1 N–H and O–H groups in total. The van der Waals surface area contributed by atoms with E-state index in [0.717, 1.165) is 5.69 Å². The van der Waals surface area contributed by atoms with Crippen molar-refractivity contribution in [2.45, 2.75) is 26.7 Å². The van der Waals surface area contributed by atoms with Crippen molar-refractivity contribution >= 4 is 0 Å². The zero-order valence-corrected chi connectivity index (χ0v) is 8.53. The smallest absolute Gasteiger partial charge is 0.277 e. The fraction of sp³-hybridized carbons (Fsp3) is 0.400. The summed E-state index contributed by atoms with van der Waals surface area (Å²) in [4.78, 5) is 18.9. The first-order valence-electron chi connectivity index (χ1n) is 4.67. The summed E-state index contributed by atoms with van der Waals surface area (Å²) >= 11 is 0. The molecule has 74 valence electrons. The molecule has 0 spiro atoms. The van der Waals surface area contributed by atoms with Gasteiger partial charge in [0, 0.05) is 18.1 Å². The molecule has 14 heavy (non-hydrogen) atoms. The summed E-state index contributed by atoms with van der Waals surface area (Å²) in [5, 5.41) is 0. The van der Waals surface area contributed by atoms with Crippen LogP contribution >= 0.6 is 0 Å². The lowest BCUT2D eigenvalue weighted by Crippen LogP contribution is -2.14. The number of H-pyrrole nitrogens is 1. The third kappa shape index (κ3) is 1.23. The zero-order chi connectivity index (χ0) is 10.3. The van der Waals surface area contributed by atoms with E-state index < -0.39 is 0 Å². The molecule has 2 aliphatic heterocycles. The largest absolute Gasteiger partial charge is 0.360 e. The second-order valence-electron chi connectivity index (χ2n) is 3.76. The summed E-state index contributed by atoms with van der Waals surface area (Å²) in [6, 6.07) is 0. The molecule has 4 heteroatoms. The van der Waals surface area contributed by atoms with Crippen molar-refractivity contribution in [2.24, 2.45) is 0 Å². The first-order chi connectivity index (χ1) is 6.59. The van der Waals surface area contributed by atoms with E-state index in [2.05, 4.69) is 23.8 Å². The Morgan fingerprint density at radius 2 is 2.21 bits per heavy atom. The fourth-order valence-corrected chi connectivity index (χ4v) is 1.42. The van der Waals surface area contributed by atoms with Gasteiger partial charge < -0.3 is 4.98 Å². The summed E-state index contributed by atoms with van der Waals surface area (Å²) in [7, 11) is 0. The number of nitrogens with zero attached hydrogens (tertiary/aromatic N) is 2. The van der Waals surface area contributed by atoms with Gasteiger partial charge in [-0.05, 0) is 12.8 Å². The van der Waals surface area contributed by atoms with Crippen LogP contribution in [0.15, 0.2) is 17.2 Å². The van der Waals surface area contributed by atoms with E-state index in [4.69, 9.17) is 0 Å². The van der Waals surface area contributed by atoms with Gasteiger partial charge in [0.2, 0.25) is 0 Å². The molecule has 0 unspecified atom stereocenters. The Morgan fingerprint density at radius 1 is 1.50 bits per heavy atom. The molecule has 2 heterocycles. The van der Waals surface area contributed by atoms with Gasteiger partial charge in [0.05, 0.1) is 0 Å². The Labute approximate surface area is 81.9 Å². The van der Waals surface area contributed by atoms with Gasteiger partial charge in [0.25, 0.3) is 5.56 Å². The monoisotopic (exact) mass is 191 g/mol. The van der Waals surface area contributed by atoms with E-state index >= 15 is 0 Å². The Kier molecular flexibility index (Phi) is 1.91. The molecule has 0 saturated carbocycles. The summed E-state index contributed by atoms with van der Waals surface area (Å²) in [6.07, 6.45) is 3.59. The van der Waals surface area contributed by atoms with E-state index in [1.54, 1.807) is 17.7 Å². The predicted molar refractivity (Wildman–Crippen MR) is 54.2 cm³/mol. The van der Waals surface area contributed by atoms with E-state index in [1.807, 2.05) is 6.20 Å². The van der Waals surface area contributed by atoms with Crippen LogP contribution in [0.25, 0.3) is 5.82 Å². The Balaban J connectivity index is 2.70. The molecule has 0 radical (unpaired) electrons. The van der Waals surface area contributed by atoms with Gasteiger partial charge in [-0.25, -0.2) is 4.98 Å². The zero-order valence-electron chi connectivity index (χ0n) is 8.53. The molecule has 0 saturated heterocycles. The van der Waals surface area contributed by atoms with E-state index in [9.17, 15) is 4.79 Å². The molecular weight excluding hydrogens is 178 g/mol. The highest BCUT2D eigenvalue weighted by atomic mass is 16.1. The van der Waals surface area contributed by atoms with Crippen LogP contribution in [0.4, 0.5) is 0 Å². The van der Waals surface area contributed by atoms with Crippen molar-refractivity contribution in [1.29, 1.82) is 0 Å². The summed E-state index contributed by atoms with van der Waals surface area (Å²) < 4.78 is 1.58. The van der Waals surface area contributed by atoms with Crippen LogP contribution in [0.3, 0.4) is 0 Å². The number of aryl methyl sites for hydroxylation is 1. The molecule has 2 aliphatic rings. The molecule has 0 aliphatic carbocycles. The number of aromatic nitrogens is 3. The third-order valence-electron chi connectivity index (χ3n) is 2.32. The minimum Gasteiger partial charge on any atom is -0.360 e. The average molecular weight is 191 g/mol. The summed E-state index contributed by atoms with van der Waals surface area (Å²) in [5.41, 5.74) is 1.54. The maximum atomic E-state index is 11.6. The van der Waals surface area contributed by atoms with Crippen LogP contribution < -0.4 is 5.56 Å². The number of aromatic amines is 1. The van der Waals surface area contributed by atoms with Gasteiger partial charge in [-0.2, -0.15) is 0 Å². The van der Waals surface area contributed by atoms with Crippen molar-refractivity contribution in [3.63, 3.8) is 0 Å². The molecule has 0 bridgehead atoms. The van der Waals surface area contributed by atoms with Crippen LogP contribution in [0, 0.1) is 6.92 Å². The average Bonchev–Trinajstić information content (AvgIpc) is 2.43. The Bertz CT molecular complexity index is 481. The molecule has 0 aromatic carbocycles. The summed E-state index contributed by atoms with van der Waals surface area (Å²) in [5.74, 6) is 1.05. The Hall–Kier alpha value is -1.58. The van der Waals surface area contributed by atoms with Crippen molar-refractivity contribution in [3.8, 4) is 5.82 Å². The number of hydrogen-bond acceptors (Lipinski definition) is 2. The van der Waals surface area contributed by atoms with Gasteiger partial charge in [0.15, 0.2) is 5.82 Å². The van der Waals surface area contributed by atoms with Crippen molar-refractivity contribution in [3.05, 3.63) is 34.1 Å². The highest BCUT2D eigenvalue weighted by molar-refractivity contribution is 5.26. The first-order valence-corrected chi connectivity index (χ1v) is 4.67. The molecular formula is C10H13N3O. The number of nitrogens with one attached hydrogen (secondary N) is 1. The highest BCUT2D eigenvalue weighted by Gasteiger charge is 2.11. The van der Waals surface area contributed by atoms with Crippen LogP contribution in [0.5, 0.6) is 0 Å². The maximum absolute atomic E-state index is 11.6. The van der Waals surface area contributed by atoms with Gasteiger partial charge in [-0.3, -0.25) is 9.36 Å². The second-order valence-corrected chi connectivity index (χ2v) is 3.76. The normalized spacial score (nSPS) is 11.4. The van der Waals surface area contributed by atoms with Crippen LogP contribution in [-0.2, 0) is 0 Å². The first kappa shape index (κ1) is 8.99. The molecule has 0 aromatic rings. The quantitative estimate of drug-likeness (QED) is 0.741. The van der Waals surface area contributed by atoms with Crippen molar-refractivity contribution in [2.75, 3.05) is 0 Å². The molecule has 0 atom stereocenters. The van der Waals surface area contributed by atoms with E-state index in [-0.39, 0.29) is 5.56 Å². The van der Waals surface area contributed by atoms with Crippen LogP contribution in [-0.4, -0.2) is 14.5 Å². The van der Waals surface area contributed by atoms with E-state index in [0.29, 0.717) is 17.4 Å². The van der Waals surface area contributed by atoms with Crippen LogP contribution in [0.1, 0.15) is 31.2 Å². The minimum absolute atomic E-state index is 0.0316. The maximum Gasteiger partial charge on any atom is 0.277 e. The number of fused-ring (bicyclic) bond motifs is 1. The SMILES string of the molecule is Cc1nc2c[nH]c(C(C)C)cn-2c1=O. The standard InChI is InChI=1S/C10H13N3O/c1-6(2)8-5-13-9(4-11-8)12-7(3)10(13)14/h4-6,11H,1-3H3. The molecule has 2 rings (SSSR count). The van der Waals surface area contributed by atoms with Crippen molar-refractivity contribution in [1.82, 2.24) is 14.5 Å². The molecule has 0 aromatic heterocycles. The molecule has 4 nitrogen and oxygen atoms in total. The Morgan fingerprint density at radius 3 is 2.86 bits per heavy atom. The number of rotatable bonds is 1. The minimum atomic E-state index is -0.0316. The van der Waals surface area contributed by atoms with Gasteiger partial charge in [-0.1, -0.05) is 13.8 Å². The molecule has 0 amide bonds. The fourth-order valence-electron chi connectivity index (χ4n) is 1.42. The predicted octanol–water partition coefficient (Wildman–Crippen LogP) is 1.43. The van der Waals surface area contributed by atoms with Gasteiger partial charge in [-0.15, -0.1) is 0 Å². The lowest BCUT2D eigenvalue weighted by atomic mass is 10.1. The summed E-state index contributed by atoms with van der Waals surface area (Å²) in [6.45, 7) is 5.88. The lowest BCUT2D eigenvalue weighted by Gasteiger charge is -2.08. The second kappa shape index (κ2) is 2.97. The van der Waals surface area contributed by atoms with Gasteiger partial charge >= 0.3 is 0 Å². The van der Waals surface area contributed by atoms with Crippen molar-refractivity contribution < 1.29 is 0 Å². The topological polar surface area (TPSA) is 50.7 Å². The van der Waals surface area contributed by atoms with Crippen LogP contribution in [0.2, 0.25) is 0 Å². The lowest BCUT2D eigenvalue weighted by molar-refractivity contribution is 0.788. The number of imidazole rings is 1. The van der Waals surface area contributed by atoms with E-state index in [1.165, 1.54) is 0 Å². The molecule has 0 fully saturated rings. The third-order valence-corrected chi connectivity index (χ3v) is 2.32. The number of hydrogen-bond donors (Lipinski definition) is 1.